The topological polar surface area (TPSA) is 223 Å². The average molecular weight is 674 g/mol. The number of carbonyl (C=O) groups excluding carboxylic acids is 2. The molecule has 260 valence electrons. The van der Waals surface area contributed by atoms with E-state index in [2.05, 4.69) is 5.32 Å². The van der Waals surface area contributed by atoms with Crippen LogP contribution in [0.25, 0.3) is 6.08 Å². The molecule has 0 aromatic heterocycles. The number of methoxy groups -OCH3 is 1. The molecule has 15 nitrogen and oxygen atoms in total. The van der Waals surface area contributed by atoms with Crippen LogP contribution >= 0.6 is 0 Å². The maximum atomic E-state index is 12.9. The van der Waals surface area contributed by atoms with Gasteiger partial charge < -0.3 is 64.4 Å². The van der Waals surface area contributed by atoms with E-state index in [1.807, 2.05) is 0 Å². The van der Waals surface area contributed by atoms with Gasteiger partial charge in [-0.3, -0.25) is 4.79 Å². The zero-order valence-corrected chi connectivity index (χ0v) is 26.3. The number of aromatic hydroxyl groups is 1. The summed E-state index contributed by atoms with van der Waals surface area (Å²) < 4.78 is 32.2. The fourth-order valence-electron chi connectivity index (χ4n) is 5.68. The number of aliphatic hydroxyl groups is 5. The van der Waals surface area contributed by atoms with Crippen LogP contribution in [0.3, 0.4) is 0 Å². The molecule has 2 heterocycles. The molecule has 0 bridgehead atoms. The lowest BCUT2D eigenvalue weighted by Crippen LogP contribution is -2.67. The molecule has 48 heavy (non-hydrogen) atoms. The highest BCUT2D eigenvalue weighted by atomic mass is 16.7. The normalized spacial score (nSPS) is 32.0. The number of aliphatic hydroxyl groups excluding tert-OH is 5. The lowest BCUT2D eigenvalue weighted by Gasteiger charge is -2.41. The number of esters is 1. The van der Waals surface area contributed by atoms with E-state index in [4.69, 9.17) is 28.4 Å². The fourth-order valence-corrected chi connectivity index (χ4v) is 5.68. The first-order valence-corrected chi connectivity index (χ1v) is 15.1. The summed E-state index contributed by atoms with van der Waals surface area (Å²) in [5.41, 5.74) is 1.34. The Labute approximate surface area is 275 Å². The molecular formula is C33H39NO14. The van der Waals surface area contributed by atoms with Gasteiger partial charge in [0.25, 0.3) is 0 Å². The van der Waals surface area contributed by atoms with Gasteiger partial charge >= 0.3 is 5.97 Å². The van der Waals surface area contributed by atoms with Crippen LogP contribution in [0.1, 0.15) is 29.8 Å². The van der Waals surface area contributed by atoms with Crippen LogP contribution in [-0.4, -0.2) is 124 Å². The largest absolute Gasteiger partial charge is 0.504 e. The second kappa shape index (κ2) is 15.0. The minimum Gasteiger partial charge on any atom is -0.504 e. The Balaban J connectivity index is 1.16. The van der Waals surface area contributed by atoms with Crippen LogP contribution in [0.4, 0.5) is 0 Å². The summed E-state index contributed by atoms with van der Waals surface area (Å²) in [6, 6.07) is 9.36. The summed E-state index contributed by atoms with van der Waals surface area (Å²) in [7, 11) is 1.51. The highest BCUT2D eigenvalue weighted by Crippen LogP contribution is 2.34. The van der Waals surface area contributed by atoms with Gasteiger partial charge in [-0.05, 0) is 73.5 Å². The van der Waals surface area contributed by atoms with E-state index in [1.165, 1.54) is 44.4 Å². The van der Waals surface area contributed by atoms with Crippen molar-refractivity contribution in [3.05, 3.63) is 70.8 Å². The number of rotatable bonds is 10. The Hall–Kier alpha value is -4.06. The third-order valence-corrected chi connectivity index (χ3v) is 8.48. The molecule has 2 saturated heterocycles. The van der Waals surface area contributed by atoms with Crippen molar-refractivity contribution < 1.29 is 68.6 Å². The van der Waals surface area contributed by atoms with Crippen molar-refractivity contribution in [1.82, 2.24) is 5.32 Å². The predicted octanol–water partition coefficient (Wildman–Crippen LogP) is -0.244. The second-order valence-electron chi connectivity index (χ2n) is 11.7. The molecule has 3 fully saturated rings. The molecule has 1 saturated carbocycles. The van der Waals surface area contributed by atoms with Crippen LogP contribution in [0.2, 0.25) is 0 Å². The highest BCUT2D eigenvalue weighted by Gasteiger charge is 2.53. The van der Waals surface area contributed by atoms with Gasteiger partial charge in [-0.1, -0.05) is 6.07 Å². The van der Waals surface area contributed by atoms with Crippen molar-refractivity contribution >= 4 is 18.0 Å². The first-order chi connectivity index (χ1) is 22.9. The second-order valence-corrected chi connectivity index (χ2v) is 11.7. The van der Waals surface area contributed by atoms with E-state index in [9.17, 15) is 40.2 Å². The maximum absolute atomic E-state index is 12.9. The lowest BCUT2D eigenvalue weighted by molar-refractivity contribution is -0.155. The molecule has 0 unspecified atom stereocenters. The number of carbonyl (C=O) groups is 2. The number of benzene rings is 2. The predicted molar refractivity (Wildman–Crippen MR) is 165 cm³/mol. The first kappa shape index (κ1) is 35.3. The van der Waals surface area contributed by atoms with Gasteiger partial charge in [-0.2, -0.15) is 0 Å². The Morgan fingerprint density at radius 3 is 2.27 bits per heavy atom. The summed E-state index contributed by atoms with van der Waals surface area (Å²) in [5.74, 6) is -1.04. The number of hydrogen-bond donors (Lipinski definition) is 7. The summed E-state index contributed by atoms with van der Waals surface area (Å²) in [6.07, 6.45) is -8.29. The van der Waals surface area contributed by atoms with Crippen molar-refractivity contribution in [3.8, 4) is 17.2 Å². The average Bonchev–Trinajstić information content (AvgIpc) is 3.68. The summed E-state index contributed by atoms with van der Waals surface area (Å²) >= 11 is 0. The molecule has 2 aliphatic heterocycles. The van der Waals surface area contributed by atoms with E-state index >= 15 is 0 Å². The number of fused-ring (bicyclic) bond motifs is 1. The molecule has 3 aliphatic rings. The number of nitrogens with one attached hydrogen (secondary N) is 1. The van der Waals surface area contributed by atoms with Crippen LogP contribution < -0.4 is 14.8 Å². The molecule has 5 rings (SSSR count). The van der Waals surface area contributed by atoms with Gasteiger partial charge in [0.2, 0.25) is 12.2 Å². The van der Waals surface area contributed by atoms with Gasteiger partial charge in [-0.25, -0.2) is 4.79 Å². The van der Waals surface area contributed by atoms with Gasteiger partial charge in [0, 0.05) is 5.57 Å². The summed E-state index contributed by atoms with van der Waals surface area (Å²) in [6.45, 7) is 2.83. The number of phenolic OH excluding ortho intramolecular Hbond substituents is 1. The quantitative estimate of drug-likeness (QED) is 0.0983. The summed E-state index contributed by atoms with van der Waals surface area (Å²) in [5, 5.41) is 65.7. The zero-order chi connectivity index (χ0) is 34.7. The van der Waals surface area contributed by atoms with E-state index in [0.29, 0.717) is 22.4 Å². The molecule has 0 spiro atoms. The molecule has 15 heteroatoms. The van der Waals surface area contributed by atoms with Crippen LogP contribution in [-0.2, 0) is 23.7 Å². The number of ether oxygens (including phenoxy) is 6. The monoisotopic (exact) mass is 673 g/mol. The van der Waals surface area contributed by atoms with Gasteiger partial charge in [-0.15, -0.1) is 0 Å². The number of phenols is 1. The molecular weight excluding hydrogens is 634 g/mol. The third kappa shape index (κ3) is 7.48. The Morgan fingerprint density at radius 2 is 1.60 bits per heavy atom. The van der Waals surface area contributed by atoms with Crippen molar-refractivity contribution in [2.45, 2.75) is 75.0 Å². The first-order valence-electron chi connectivity index (χ1n) is 15.1. The van der Waals surface area contributed by atoms with Crippen molar-refractivity contribution in [3.63, 3.8) is 0 Å². The summed E-state index contributed by atoms with van der Waals surface area (Å²) in [4.78, 5) is 25.2. The van der Waals surface area contributed by atoms with Crippen LogP contribution in [0.15, 0.2) is 59.7 Å². The SMILES string of the molecule is COc1ccc(C(=O)OC/C=C(\C)[C@@H]2O[C@H](Oc3ccc(/C=C(\C)C(=O)N[C@@H]4[C@H](O)[C@@H](O)[C@H]5OCO[C@H]5[C@@H]4O)cc3O)[C@@H](O)[C@@H]2O)cc1. The minimum atomic E-state index is -1.51. The van der Waals surface area contributed by atoms with Gasteiger partial charge in [0.15, 0.2) is 11.5 Å². The van der Waals surface area contributed by atoms with E-state index in [-0.39, 0.29) is 30.5 Å². The number of amides is 1. The Morgan fingerprint density at radius 1 is 0.917 bits per heavy atom. The molecule has 0 radical (unpaired) electrons. The molecule has 10 atom stereocenters. The molecule has 2 aromatic rings. The van der Waals surface area contributed by atoms with E-state index in [0.717, 1.165) is 0 Å². The number of hydrogen-bond acceptors (Lipinski definition) is 14. The molecule has 1 amide bonds. The lowest BCUT2D eigenvalue weighted by atomic mass is 9.83. The minimum absolute atomic E-state index is 0.0722. The standard InChI is InChI=1S/C33H39NO14/c1-15(10-11-44-32(42)18-5-7-19(43-3)8-6-18)28-26(39)27(40)33(48-28)47-21-9-4-17(13-20(21)35)12-16(2)31(41)34-22-23(36)25(38)30-29(24(22)37)45-14-46-30/h4-10,12-13,22-30,33,35-40H,11,14H2,1-3H3,(H,34,41)/b15-10+,16-12+/t22-,23+,24-,25-,26+,27+,28+,29+,30-,33+/m1/s1. The van der Waals surface area contributed by atoms with E-state index in [1.54, 1.807) is 31.2 Å². The Kier molecular flexibility index (Phi) is 11.0. The van der Waals surface area contributed by atoms with Gasteiger partial charge in [0.1, 0.15) is 68.0 Å². The molecule has 1 aliphatic carbocycles. The smallest absolute Gasteiger partial charge is 0.338 e. The highest BCUT2D eigenvalue weighted by molar-refractivity contribution is 5.97. The molecule has 2 aromatic carbocycles. The van der Waals surface area contributed by atoms with Crippen LogP contribution in [0, 0.1) is 0 Å². The third-order valence-electron chi connectivity index (χ3n) is 8.48. The van der Waals surface area contributed by atoms with Crippen molar-refractivity contribution in [2.75, 3.05) is 20.5 Å². The van der Waals surface area contributed by atoms with Crippen molar-refractivity contribution in [1.29, 1.82) is 0 Å². The maximum Gasteiger partial charge on any atom is 0.338 e. The molecule has 7 N–H and O–H groups in total. The van der Waals surface area contributed by atoms with Crippen molar-refractivity contribution in [2.24, 2.45) is 0 Å². The van der Waals surface area contributed by atoms with Gasteiger partial charge in [0.05, 0.1) is 18.7 Å². The fraction of sp³-hybridized carbons (Fsp3) is 0.455. The van der Waals surface area contributed by atoms with Crippen LogP contribution in [0.5, 0.6) is 17.2 Å². The Bertz CT molecular complexity index is 1530. The van der Waals surface area contributed by atoms with E-state index < -0.39 is 73.0 Å². The zero-order valence-electron chi connectivity index (χ0n) is 26.3.